The summed E-state index contributed by atoms with van der Waals surface area (Å²) in [5, 5.41) is 25.2. The molecule has 1 rings (SSSR count). The molecule has 21 heteroatoms. The molecule has 1 aliphatic heterocycles. The molecule has 21 nitrogen and oxygen atoms in total. The van der Waals surface area contributed by atoms with Crippen LogP contribution in [0.4, 0.5) is 0 Å². The van der Waals surface area contributed by atoms with E-state index in [2.05, 4.69) is 61.7 Å². The van der Waals surface area contributed by atoms with Crippen LogP contribution in [0.3, 0.4) is 0 Å². The van der Waals surface area contributed by atoms with E-state index in [1.54, 1.807) is 4.90 Å². The van der Waals surface area contributed by atoms with E-state index in [4.69, 9.17) is 0 Å². The maximum absolute atomic E-state index is 14.3. The van der Waals surface area contributed by atoms with Gasteiger partial charge in [0, 0.05) is 38.5 Å². The minimum atomic E-state index is -1.62. The summed E-state index contributed by atoms with van der Waals surface area (Å²) in [6.45, 7) is 27.4. The highest BCUT2D eigenvalue weighted by molar-refractivity contribution is 6.00. The number of amides is 10. The molecule has 0 aromatic rings. The van der Waals surface area contributed by atoms with E-state index in [1.165, 1.54) is 41.5 Å². The fraction of sp³-hybridized carbons (Fsp3) is 0.831. The van der Waals surface area contributed by atoms with E-state index in [1.807, 2.05) is 67.5 Å². The molecule has 9 N–H and O–H groups in total. The molecular weight excluding hydrogens is 1020 g/mol. The fourth-order valence-corrected chi connectivity index (χ4v) is 9.52. The minimum Gasteiger partial charge on any atom is -0.354 e. The highest BCUT2D eigenvalue weighted by atomic mass is 16.2. The second kappa shape index (κ2) is 35.5. The van der Waals surface area contributed by atoms with Gasteiger partial charge in [0.2, 0.25) is 59.1 Å². The molecule has 1 aliphatic rings. The quantitative estimate of drug-likeness (QED) is 0.0384. The molecule has 0 bridgehead atoms. The van der Waals surface area contributed by atoms with Gasteiger partial charge in [0.25, 0.3) is 0 Å². The number of carbonyl (C=O) groups is 10. The molecule has 0 aromatic carbocycles. The van der Waals surface area contributed by atoms with Crippen molar-refractivity contribution >= 4 is 59.1 Å². The lowest BCUT2D eigenvalue weighted by atomic mass is 9.96. The third-order valence-electron chi connectivity index (χ3n) is 14.0. The highest BCUT2D eigenvalue weighted by Crippen LogP contribution is 2.21. The molecule has 1 heterocycles. The number of likely N-dealkylation sites (tertiary alicyclic amines) is 1. The Balaban J connectivity index is 3.24. The number of hydrogen-bond acceptors (Lipinski definition) is 11. The molecule has 0 radical (unpaired) electrons. The standard InChI is InChI=1S/C59H109N11O10/c1-18-20-22-23-24-26-28-42(62-53(77)46-29-27-33-70(46)48(72)30-25-21-19-2)49(73)63-44(35-39(5)6)51(75)66-58(12,13)55(79)65-43(34-38(3)4)50(74)64-45(36-40(7)8)52(76)67-59(14,15)56(80)68-57(10,11)54(78)60-32-31-47(71)61-41(9)37-69(16)17/h38-46H,18-37H2,1-17H3,(H,60,78)(H,61,71)(H,62,77)(H,63,73)(H,64,74)(H,65,79)(H,66,75)(H,67,76)(H,68,80)/t41?,42?,43?,44?,45?,46-/m0/s1. The smallest absolute Gasteiger partial charge is 0.246 e. The Bertz CT molecular complexity index is 2020. The Hall–Kier alpha value is -5.34. The topological polar surface area (TPSA) is 285 Å². The molecule has 80 heavy (non-hydrogen) atoms. The average Bonchev–Trinajstić information content (AvgIpc) is 3.83. The van der Waals surface area contributed by atoms with Gasteiger partial charge >= 0.3 is 0 Å². The first-order valence-corrected chi connectivity index (χ1v) is 29.9. The third kappa shape index (κ3) is 27.4. The zero-order valence-electron chi connectivity index (χ0n) is 52.3. The molecule has 1 saturated heterocycles. The summed E-state index contributed by atoms with van der Waals surface area (Å²) >= 11 is 0. The average molecular weight is 1130 g/mol. The van der Waals surface area contributed by atoms with E-state index >= 15 is 0 Å². The van der Waals surface area contributed by atoms with Crippen molar-refractivity contribution < 1.29 is 47.9 Å². The van der Waals surface area contributed by atoms with Gasteiger partial charge in [-0.25, -0.2) is 0 Å². The normalized spacial score (nSPS) is 15.8. The van der Waals surface area contributed by atoms with Crippen molar-refractivity contribution in [3.05, 3.63) is 0 Å². The van der Waals surface area contributed by atoms with Crippen molar-refractivity contribution in [3.63, 3.8) is 0 Å². The summed E-state index contributed by atoms with van der Waals surface area (Å²) in [6, 6.07) is -5.17. The van der Waals surface area contributed by atoms with E-state index in [-0.39, 0.29) is 67.8 Å². The van der Waals surface area contributed by atoms with Crippen molar-refractivity contribution in [2.45, 2.75) is 266 Å². The van der Waals surface area contributed by atoms with Crippen molar-refractivity contribution in [3.8, 4) is 0 Å². The van der Waals surface area contributed by atoms with Crippen molar-refractivity contribution in [2.24, 2.45) is 17.8 Å². The largest absolute Gasteiger partial charge is 0.354 e. The van der Waals surface area contributed by atoms with Gasteiger partial charge in [0.1, 0.15) is 46.8 Å². The Labute approximate surface area is 480 Å². The van der Waals surface area contributed by atoms with Crippen LogP contribution in [0.25, 0.3) is 0 Å². The monoisotopic (exact) mass is 1130 g/mol. The summed E-state index contributed by atoms with van der Waals surface area (Å²) in [4.78, 5) is 141. The van der Waals surface area contributed by atoms with Crippen LogP contribution in [0.1, 0.15) is 213 Å². The molecule has 0 spiro atoms. The summed E-state index contributed by atoms with van der Waals surface area (Å²) in [5.41, 5.74) is -4.64. The molecule has 6 atom stereocenters. The summed E-state index contributed by atoms with van der Waals surface area (Å²) in [5.74, 6) is -5.45. The molecule has 5 unspecified atom stereocenters. The number of hydrogen-bond donors (Lipinski definition) is 9. The summed E-state index contributed by atoms with van der Waals surface area (Å²) in [7, 11) is 3.80. The van der Waals surface area contributed by atoms with Gasteiger partial charge in [-0.2, -0.15) is 0 Å². The molecule has 0 aromatic heterocycles. The number of rotatable bonds is 38. The zero-order valence-corrected chi connectivity index (χ0v) is 52.3. The van der Waals surface area contributed by atoms with Crippen LogP contribution in [0.2, 0.25) is 0 Å². The van der Waals surface area contributed by atoms with Crippen LogP contribution in [-0.4, -0.2) is 155 Å². The number of likely N-dealkylation sites (N-methyl/N-ethyl adjacent to an activating group) is 1. The van der Waals surface area contributed by atoms with Gasteiger partial charge in [-0.1, -0.05) is 107 Å². The fourth-order valence-electron chi connectivity index (χ4n) is 9.52. The van der Waals surface area contributed by atoms with Gasteiger partial charge in [-0.3, -0.25) is 47.9 Å². The van der Waals surface area contributed by atoms with E-state index in [0.717, 1.165) is 51.4 Å². The van der Waals surface area contributed by atoms with Gasteiger partial charge in [-0.15, -0.1) is 0 Å². The lowest BCUT2D eigenvalue weighted by molar-refractivity contribution is -0.140. The van der Waals surface area contributed by atoms with Gasteiger partial charge in [-0.05, 0) is 125 Å². The van der Waals surface area contributed by atoms with E-state index < -0.39 is 94.1 Å². The first-order valence-electron chi connectivity index (χ1n) is 29.9. The first-order chi connectivity index (χ1) is 37.2. The Morgan fingerprint density at radius 1 is 0.512 bits per heavy atom. The van der Waals surface area contributed by atoms with Crippen LogP contribution in [-0.2, 0) is 47.9 Å². The lowest BCUT2D eigenvalue weighted by Crippen LogP contribution is -2.65. The Morgan fingerprint density at radius 3 is 1.49 bits per heavy atom. The lowest BCUT2D eigenvalue weighted by Gasteiger charge is -2.34. The number of carbonyl (C=O) groups excluding carboxylic acids is 10. The van der Waals surface area contributed by atoms with Crippen LogP contribution in [0.15, 0.2) is 0 Å². The van der Waals surface area contributed by atoms with Gasteiger partial charge < -0.3 is 57.7 Å². The SMILES string of the molecule is CCCCCCCCC(NC(=O)[C@@H]1CCCN1C(=O)CCCCC)C(=O)NC(CC(C)C)C(=O)NC(C)(C)C(=O)NC(CC(C)C)C(=O)NC(CC(C)C)C(=O)NC(C)(C)C(=O)NC(C)(C)C(=O)NCCC(=O)NC(C)CN(C)C. The summed E-state index contributed by atoms with van der Waals surface area (Å²) < 4.78 is 0. The van der Waals surface area contributed by atoms with Crippen LogP contribution in [0.5, 0.6) is 0 Å². The summed E-state index contributed by atoms with van der Waals surface area (Å²) in [6.07, 6.45) is 10.8. The molecule has 10 amide bonds. The number of unbranched alkanes of at least 4 members (excludes halogenated alkanes) is 7. The minimum absolute atomic E-state index is 0.0314. The van der Waals surface area contributed by atoms with E-state index in [9.17, 15) is 47.9 Å². The zero-order chi connectivity index (χ0) is 61.1. The van der Waals surface area contributed by atoms with Crippen LogP contribution in [0, 0.1) is 17.8 Å². The van der Waals surface area contributed by atoms with Gasteiger partial charge in [0.15, 0.2) is 0 Å². The predicted octanol–water partition coefficient (Wildman–Crippen LogP) is 4.64. The molecule has 0 aliphatic carbocycles. The number of nitrogens with zero attached hydrogens (tertiary/aromatic N) is 2. The number of nitrogens with one attached hydrogen (secondary N) is 9. The molecule has 460 valence electrons. The third-order valence-corrected chi connectivity index (χ3v) is 14.0. The second-order valence-electron chi connectivity index (χ2n) is 25.4. The molecular formula is C59H109N11O10. The molecule has 1 fully saturated rings. The van der Waals surface area contributed by atoms with Crippen molar-refractivity contribution in [1.82, 2.24) is 57.7 Å². The highest BCUT2D eigenvalue weighted by Gasteiger charge is 2.41. The Morgan fingerprint density at radius 2 is 0.975 bits per heavy atom. The van der Waals surface area contributed by atoms with Crippen molar-refractivity contribution in [1.29, 1.82) is 0 Å². The maximum Gasteiger partial charge on any atom is 0.246 e. The second-order valence-corrected chi connectivity index (χ2v) is 25.4. The van der Waals surface area contributed by atoms with Crippen LogP contribution < -0.4 is 47.9 Å². The van der Waals surface area contributed by atoms with Crippen molar-refractivity contribution in [2.75, 3.05) is 33.7 Å². The molecule has 0 saturated carbocycles. The predicted molar refractivity (Wildman–Crippen MR) is 313 cm³/mol. The maximum atomic E-state index is 14.3. The first kappa shape index (κ1) is 72.7. The van der Waals surface area contributed by atoms with E-state index in [0.29, 0.717) is 45.2 Å². The van der Waals surface area contributed by atoms with Gasteiger partial charge in [0.05, 0.1) is 0 Å². The van der Waals surface area contributed by atoms with Crippen LogP contribution >= 0.6 is 0 Å². The Kier molecular flexibility index (Phi) is 32.3.